The molecule has 12 heavy (non-hydrogen) atoms. The van der Waals surface area contributed by atoms with Gasteiger partial charge in [0.15, 0.2) is 0 Å². The highest BCUT2D eigenvalue weighted by molar-refractivity contribution is 14.1. The Morgan fingerprint density at radius 1 is 1.50 bits per heavy atom. The van der Waals surface area contributed by atoms with E-state index in [0.717, 1.165) is 12.8 Å². The number of aromatic nitrogens is 1. The molecular formula is C8H7FINO. The van der Waals surface area contributed by atoms with Crippen molar-refractivity contribution in [2.45, 2.75) is 18.9 Å². The molecule has 0 unspecified atom stereocenters. The average Bonchev–Trinajstić information content (AvgIpc) is 2.68. The van der Waals surface area contributed by atoms with Crippen molar-refractivity contribution in [2.75, 3.05) is 0 Å². The Balaban J connectivity index is 2.18. The van der Waals surface area contributed by atoms with Crippen LogP contribution < -0.4 is 4.74 Å². The molecule has 0 aromatic carbocycles. The van der Waals surface area contributed by atoms with Crippen LogP contribution in [0.1, 0.15) is 12.8 Å². The second-order valence-electron chi connectivity index (χ2n) is 2.77. The van der Waals surface area contributed by atoms with Gasteiger partial charge in [0.05, 0.1) is 6.10 Å². The number of pyridine rings is 1. The van der Waals surface area contributed by atoms with E-state index in [2.05, 4.69) is 4.98 Å². The standard InChI is InChI=1S/C8H7FINO/c9-7-3-6(4-8(10)11-7)12-5-1-2-5/h3-5H,1-2H2. The Morgan fingerprint density at radius 2 is 2.25 bits per heavy atom. The molecule has 0 aliphatic heterocycles. The van der Waals surface area contributed by atoms with Crippen molar-refractivity contribution in [3.05, 3.63) is 21.8 Å². The molecule has 0 atom stereocenters. The summed E-state index contributed by atoms with van der Waals surface area (Å²) in [6, 6.07) is 3.06. The lowest BCUT2D eigenvalue weighted by Gasteiger charge is -2.03. The molecule has 0 saturated heterocycles. The van der Waals surface area contributed by atoms with Crippen LogP contribution in [0.25, 0.3) is 0 Å². The average molecular weight is 279 g/mol. The molecule has 2 nitrogen and oxygen atoms in total. The lowest BCUT2D eigenvalue weighted by Crippen LogP contribution is -1.98. The Morgan fingerprint density at radius 3 is 2.83 bits per heavy atom. The van der Waals surface area contributed by atoms with E-state index in [9.17, 15) is 4.39 Å². The Hall–Kier alpha value is -0.390. The van der Waals surface area contributed by atoms with Crippen molar-refractivity contribution in [1.29, 1.82) is 0 Å². The molecule has 0 radical (unpaired) electrons. The molecule has 2 rings (SSSR count). The summed E-state index contributed by atoms with van der Waals surface area (Å²) >= 11 is 1.97. The summed E-state index contributed by atoms with van der Waals surface area (Å²) in [5, 5.41) is 0. The van der Waals surface area contributed by atoms with Gasteiger partial charge in [-0.1, -0.05) is 0 Å². The first-order valence-electron chi connectivity index (χ1n) is 3.74. The largest absolute Gasteiger partial charge is 0.490 e. The molecule has 0 amide bonds. The zero-order chi connectivity index (χ0) is 8.55. The molecule has 1 saturated carbocycles. The van der Waals surface area contributed by atoms with Gasteiger partial charge in [-0.15, -0.1) is 0 Å². The monoisotopic (exact) mass is 279 g/mol. The maximum absolute atomic E-state index is 12.7. The molecule has 1 heterocycles. The first-order chi connectivity index (χ1) is 5.74. The van der Waals surface area contributed by atoms with Crippen LogP contribution in [0.4, 0.5) is 4.39 Å². The van der Waals surface area contributed by atoms with Crippen LogP contribution in [-0.4, -0.2) is 11.1 Å². The van der Waals surface area contributed by atoms with E-state index in [0.29, 0.717) is 15.6 Å². The second-order valence-corrected chi connectivity index (χ2v) is 3.87. The van der Waals surface area contributed by atoms with Crippen molar-refractivity contribution in [1.82, 2.24) is 4.98 Å². The number of ether oxygens (including phenoxy) is 1. The van der Waals surface area contributed by atoms with Gasteiger partial charge in [-0.3, -0.25) is 0 Å². The quantitative estimate of drug-likeness (QED) is 0.612. The Bertz CT molecular complexity index is 281. The summed E-state index contributed by atoms with van der Waals surface area (Å²) in [4.78, 5) is 3.60. The minimum absolute atomic E-state index is 0.308. The minimum Gasteiger partial charge on any atom is -0.490 e. The van der Waals surface area contributed by atoms with Crippen LogP contribution in [0.2, 0.25) is 0 Å². The molecule has 1 aliphatic carbocycles. The molecular weight excluding hydrogens is 272 g/mol. The van der Waals surface area contributed by atoms with Crippen molar-refractivity contribution < 1.29 is 9.13 Å². The van der Waals surface area contributed by atoms with E-state index in [1.54, 1.807) is 6.07 Å². The number of rotatable bonds is 2. The van der Waals surface area contributed by atoms with Crippen molar-refractivity contribution in [2.24, 2.45) is 0 Å². The fourth-order valence-corrected chi connectivity index (χ4v) is 1.43. The van der Waals surface area contributed by atoms with Gasteiger partial charge in [-0.2, -0.15) is 4.39 Å². The Kier molecular flexibility index (Phi) is 2.16. The number of hydrogen-bond acceptors (Lipinski definition) is 2. The van der Waals surface area contributed by atoms with E-state index < -0.39 is 5.95 Å². The van der Waals surface area contributed by atoms with Crippen LogP contribution in [0, 0.1) is 9.65 Å². The molecule has 0 spiro atoms. The molecule has 0 N–H and O–H groups in total. The fraction of sp³-hybridized carbons (Fsp3) is 0.375. The highest BCUT2D eigenvalue weighted by Crippen LogP contribution is 2.27. The van der Waals surface area contributed by atoms with Crippen LogP contribution in [0.5, 0.6) is 5.75 Å². The predicted octanol–water partition coefficient (Wildman–Crippen LogP) is 2.37. The third-order valence-electron chi connectivity index (χ3n) is 1.56. The van der Waals surface area contributed by atoms with Crippen LogP contribution in [0.15, 0.2) is 12.1 Å². The second kappa shape index (κ2) is 3.16. The van der Waals surface area contributed by atoms with Gasteiger partial charge in [0.1, 0.15) is 9.45 Å². The van der Waals surface area contributed by atoms with Gasteiger partial charge in [-0.05, 0) is 35.4 Å². The summed E-state index contributed by atoms with van der Waals surface area (Å²) in [5.41, 5.74) is 0. The van der Waals surface area contributed by atoms with Crippen molar-refractivity contribution in [3.8, 4) is 5.75 Å². The van der Waals surface area contributed by atoms with E-state index in [4.69, 9.17) is 4.74 Å². The molecule has 0 bridgehead atoms. The van der Waals surface area contributed by atoms with Gasteiger partial charge in [0.2, 0.25) is 5.95 Å². The number of nitrogens with zero attached hydrogens (tertiary/aromatic N) is 1. The van der Waals surface area contributed by atoms with E-state index >= 15 is 0 Å². The first-order valence-corrected chi connectivity index (χ1v) is 4.81. The zero-order valence-corrected chi connectivity index (χ0v) is 8.42. The molecule has 64 valence electrons. The lowest BCUT2D eigenvalue weighted by molar-refractivity contribution is 0.300. The summed E-state index contributed by atoms with van der Waals surface area (Å²) in [6.07, 6.45) is 2.48. The van der Waals surface area contributed by atoms with E-state index in [-0.39, 0.29) is 0 Å². The summed E-state index contributed by atoms with van der Waals surface area (Å²) in [5.74, 6) is 0.118. The van der Waals surface area contributed by atoms with Crippen LogP contribution in [-0.2, 0) is 0 Å². The topological polar surface area (TPSA) is 22.1 Å². The molecule has 1 aromatic heterocycles. The van der Waals surface area contributed by atoms with E-state index in [1.165, 1.54) is 6.07 Å². The van der Waals surface area contributed by atoms with Gasteiger partial charge in [0, 0.05) is 12.1 Å². The smallest absolute Gasteiger partial charge is 0.217 e. The first kappa shape index (κ1) is 8.22. The van der Waals surface area contributed by atoms with Gasteiger partial charge >= 0.3 is 0 Å². The Labute approximate surface area is 83.3 Å². The van der Waals surface area contributed by atoms with Crippen LogP contribution >= 0.6 is 22.6 Å². The molecule has 1 aliphatic rings. The minimum atomic E-state index is -0.474. The van der Waals surface area contributed by atoms with Gasteiger partial charge in [-0.25, -0.2) is 4.98 Å². The normalized spacial score (nSPS) is 16.2. The van der Waals surface area contributed by atoms with Crippen molar-refractivity contribution in [3.63, 3.8) is 0 Å². The number of halogens is 2. The third kappa shape index (κ3) is 2.06. The third-order valence-corrected chi connectivity index (χ3v) is 2.12. The zero-order valence-electron chi connectivity index (χ0n) is 6.26. The predicted molar refractivity (Wildman–Crippen MR) is 50.6 cm³/mol. The van der Waals surface area contributed by atoms with Gasteiger partial charge in [0.25, 0.3) is 0 Å². The summed E-state index contributed by atoms with van der Waals surface area (Å²) in [6.45, 7) is 0. The lowest BCUT2D eigenvalue weighted by atomic mass is 10.4. The SMILES string of the molecule is Fc1cc(OC2CC2)cc(I)n1. The van der Waals surface area contributed by atoms with Crippen LogP contribution in [0.3, 0.4) is 0 Å². The fourth-order valence-electron chi connectivity index (χ4n) is 0.889. The van der Waals surface area contributed by atoms with E-state index in [1.807, 2.05) is 22.6 Å². The summed E-state index contributed by atoms with van der Waals surface area (Å²) in [7, 11) is 0. The highest BCUT2D eigenvalue weighted by Gasteiger charge is 2.23. The number of hydrogen-bond donors (Lipinski definition) is 0. The molecule has 4 heteroatoms. The highest BCUT2D eigenvalue weighted by atomic mass is 127. The molecule has 1 aromatic rings. The van der Waals surface area contributed by atoms with Gasteiger partial charge < -0.3 is 4.74 Å². The maximum Gasteiger partial charge on any atom is 0.217 e. The summed E-state index contributed by atoms with van der Waals surface area (Å²) < 4.78 is 18.7. The maximum atomic E-state index is 12.7. The van der Waals surface area contributed by atoms with Crippen molar-refractivity contribution >= 4 is 22.6 Å². The molecule has 1 fully saturated rings.